The van der Waals surface area contributed by atoms with Crippen molar-refractivity contribution in [2.24, 2.45) is 0 Å². The van der Waals surface area contributed by atoms with Crippen molar-refractivity contribution >= 4 is 31.0 Å². The van der Waals surface area contributed by atoms with Crippen molar-refractivity contribution in [2.75, 3.05) is 0 Å². The van der Waals surface area contributed by atoms with E-state index in [9.17, 15) is 25.2 Å². The van der Waals surface area contributed by atoms with E-state index in [2.05, 4.69) is 29.6 Å². The Balaban J connectivity index is 0.000000351. The van der Waals surface area contributed by atoms with Gasteiger partial charge in [-0.05, 0) is 24.3 Å². The van der Waals surface area contributed by atoms with Crippen LogP contribution in [0.5, 0.6) is 0 Å². The van der Waals surface area contributed by atoms with Gasteiger partial charge in [0.2, 0.25) is 0 Å². The van der Waals surface area contributed by atoms with Gasteiger partial charge in [-0.2, -0.15) is 0 Å². The molecular weight excluding hydrogens is 398 g/mol. The molecule has 0 spiro atoms. The Bertz CT molecular complexity index is 599. The molecule has 0 saturated heterocycles. The Hall–Kier alpha value is -1.01. The van der Waals surface area contributed by atoms with Crippen molar-refractivity contribution < 1.29 is 30.5 Å². The standard InChI is InChI=1S/C14H13Cl2N.F6P/c15-13-5-1-11(2-6-13)9-17-10-12-3-7-14(16)8-4-12;1-7(2,3,4,5)6/h1-8,17H,9-10H2;/q;-1/p+1. The molecule has 0 aliphatic carbocycles. The van der Waals surface area contributed by atoms with Crippen LogP contribution in [0.2, 0.25) is 10.0 Å². The summed E-state index contributed by atoms with van der Waals surface area (Å²) in [4.78, 5) is 0. The molecule has 0 radical (unpaired) electrons. The maximum atomic E-state index is 9.87. The van der Waals surface area contributed by atoms with Gasteiger partial charge in [0.15, 0.2) is 0 Å². The summed E-state index contributed by atoms with van der Waals surface area (Å²) in [6, 6.07) is 15.9. The zero-order valence-corrected chi connectivity index (χ0v) is 14.5. The second-order valence-electron chi connectivity index (χ2n) is 4.91. The van der Waals surface area contributed by atoms with Crippen LogP contribution in [-0.2, 0) is 13.1 Å². The first-order chi connectivity index (χ1) is 10.7. The van der Waals surface area contributed by atoms with Crippen molar-refractivity contribution in [2.45, 2.75) is 13.1 Å². The van der Waals surface area contributed by atoms with Crippen LogP contribution in [0.25, 0.3) is 0 Å². The van der Waals surface area contributed by atoms with Gasteiger partial charge in [0.25, 0.3) is 0 Å². The molecule has 10 heteroatoms. The van der Waals surface area contributed by atoms with E-state index in [4.69, 9.17) is 23.2 Å². The van der Waals surface area contributed by atoms with Crippen molar-refractivity contribution in [1.82, 2.24) is 0 Å². The maximum absolute atomic E-state index is 10.7. The molecule has 2 aromatic rings. The first kappa shape index (κ1) is 21.0. The normalized spacial score (nSPS) is 14.2. The zero-order valence-electron chi connectivity index (χ0n) is 12.1. The van der Waals surface area contributed by atoms with Crippen LogP contribution in [0.4, 0.5) is 25.2 Å². The monoisotopic (exact) mass is 411 g/mol. The number of rotatable bonds is 4. The molecule has 0 aliphatic rings. The summed E-state index contributed by atoms with van der Waals surface area (Å²) in [6.45, 7) is 1.92. The number of nitrogens with two attached hydrogens (primary N) is 1. The van der Waals surface area contributed by atoms with Gasteiger partial charge >= 0.3 is 33.0 Å². The molecular formula is C14H14Cl2F6NP. The van der Waals surface area contributed by atoms with Crippen molar-refractivity contribution in [1.29, 1.82) is 0 Å². The quantitative estimate of drug-likeness (QED) is 0.428. The van der Waals surface area contributed by atoms with Crippen LogP contribution in [0.15, 0.2) is 48.5 Å². The average Bonchev–Trinajstić information content (AvgIpc) is 2.40. The van der Waals surface area contributed by atoms with Gasteiger partial charge in [-0.15, -0.1) is 0 Å². The fourth-order valence-corrected chi connectivity index (χ4v) is 1.90. The van der Waals surface area contributed by atoms with E-state index >= 15 is 0 Å². The van der Waals surface area contributed by atoms with E-state index in [0.29, 0.717) is 0 Å². The average molecular weight is 412 g/mol. The minimum absolute atomic E-state index is 0.784. The topological polar surface area (TPSA) is 16.6 Å². The van der Waals surface area contributed by atoms with Gasteiger partial charge in [0.1, 0.15) is 13.1 Å². The second kappa shape index (κ2) is 7.08. The summed E-state index contributed by atoms with van der Waals surface area (Å²) >= 11 is 11.7. The Labute approximate surface area is 144 Å². The molecule has 0 atom stereocenters. The van der Waals surface area contributed by atoms with E-state index in [0.717, 1.165) is 23.1 Å². The van der Waals surface area contributed by atoms with Crippen LogP contribution in [0, 0.1) is 0 Å². The van der Waals surface area contributed by atoms with Crippen LogP contribution < -0.4 is 5.32 Å². The summed E-state index contributed by atoms with van der Waals surface area (Å²) in [5, 5.41) is 3.82. The van der Waals surface area contributed by atoms with Gasteiger partial charge in [-0.25, -0.2) is 0 Å². The van der Waals surface area contributed by atoms with E-state index in [-0.39, 0.29) is 0 Å². The molecule has 2 aromatic carbocycles. The molecule has 0 aliphatic heterocycles. The van der Waals surface area contributed by atoms with E-state index in [1.54, 1.807) is 0 Å². The summed E-state index contributed by atoms with van der Waals surface area (Å²) in [7, 11) is -10.7. The molecule has 2 rings (SSSR count). The fourth-order valence-electron chi connectivity index (χ4n) is 1.65. The number of quaternary nitrogens is 1. The number of halogens is 8. The SMILES string of the molecule is Clc1ccc(C[NH2+]Cc2ccc(Cl)cc2)cc1.F[P-](F)(F)(F)(F)F. The molecule has 0 unspecified atom stereocenters. The van der Waals surface area contributed by atoms with Crippen molar-refractivity contribution in [3.05, 3.63) is 69.7 Å². The van der Waals surface area contributed by atoms with Crippen LogP contribution in [0.1, 0.15) is 11.1 Å². The molecule has 1 nitrogen and oxygen atoms in total. The number of hydrogen-bond donors (Lipinski definition) is 1. The Kier molecular flexibility index (Phi) is 6.21. The van der Waals surface area contributed by atoms with E-state index in [1.807, 2.05) is 24.3 Å². The van der Waals surface area contributed by atoms with Gasteiger partial charge in [0, 0.05) is 21.2 Å². The number of hydrogen-bond acceptors (Lipinski definition) is 0. The Morgan fingerprint density at radius 3 is 1.12 bits per heavy atom. The molecule has 0 aromatic heterocycles. The molecule has 0 saturated carbocycles. The molecule has 0 heterocycles. The first-order valence-corrected chi connectivity index (χ1v) is 9.34. The van der Waals surface area contributed by atoms with Crippen molar-refractivity contribution in [3.8, 4) is 0 Å². The molecule has 0 amide bonds. The second-order valence-corrected chi connectivity index (χ2v) is 7.70. The van der Waals surface area contributed by atoms with Gasteiger partial charge in [-0.1, -0.05) is 47.5 Å². The number of benzene rings is 2. The third-order valence-corrected chi connectivity index (χ3v) is 3.09. The molecule has 136 valence electrons. The summed E-state index contributed by atoms with van der Waals surface area (Å²) in [6.07, 6.45) is 0. The summed E-state index contributed by atoms with van der Waals surface area (Å²) < 4.78 is 59.2. The molecule has 0 fully saturated rings. The predicted molar refractivity (Wildman–Crippen MR) is 85.8 cm³/mol. The molecule has 24 heavy (non-hydrogen) atoms. The van der Waals surface area contributed by atoms with Crippen LogP contribution in [0.3, 0.4) is 0 Å². The minimum atomic E-state index is -10.7. The zero-order chi connectivity index (χ0) is 18.5. The summed E-state index contributed by atoms with van der Waals surface area (Å²) in [5.41, 5.74) is 2.56. The predicted octanol–water partition coefficient (Wildman–Crippen LogP) is 6.64. The van der Waals surface area contributed by atoms with Gasteiger partial charge in [-0.3, -0.25) is 0 Å². The van der Waals surface area contributed by atoms with E-state index < -0.39 is 7.81 Å². The third-order valence-electron chi connectivity index (χ3n) is 2.59. The first-order valence-electron chi connectivity index (χ1n) is 6.56. The van der Waals surface area contributed by atoms with Gasteiger partial charge in [0.05, 0.1) is 0 Å². The summed E-state index contributed by atoms with van der Waals surface area (Å²) in [5.74, 6) is 0. The van der Waals surface area contributed by atoms with Crippen LogP contribution in [-0.4, -0.2) is 0 Å². The molecule has 2 N–H and O–H groups in total. The van der Waals surface area contributed by atoms with Crippen molar-refractivity contribution in [3.63, 3.8) is 0 Å². The molecule has 0 bridgehead atoms. The van der Waals surface area contributed by atoms with E-state index in [1.165, 1.54) is 11.1 Å². The van der Waals surface area contributed by atoms with Gasteiger partial charge < -0.3 is 5.32 Å². The fraction of sp³-hybridized carbons (Fsp3) is 0.143. The van der Waals surface area contributed by atoms with Crippen LogP contribution >= 0.6 is 31.0 Å². The third kappa shape index (κ3) is 13.4. The Morgan fingerprint density at radius 1 is 0.625 bits per heavy atom. The Morgan fingerprint density at radius 2 is 0.875 bits per heavy atom.